The number of aliphatic hydroxyl groups is 1. The highest BCUT2D eigenvalue weighted by molar-refractivity contribution is 5.27. The fraction of sp³-hybridized carbons (Fsp3) is 0.333. The Morgan fingerprint density at radius 1 is 1.57 bits per heavy atom. The van der Waals surface area contributed by atoms with Crippen molar-refractivity contribution in [3.63, 3.8) is 0 Å². The lowest BCUT2D eigenvalue weighted by Crippen LogP contribution is -2.38. The SMILES string of the molecule is O=[N+]([O-])C1=C(C(F)(F)F)NC(O)C=C1. The Morgan fingerprint density at radius 2 is 2.14 bits per heavy atom. The summed E-state index contributed by atoms with van der Waals surface area (Å²) >= 11 is 0. The van der Waals surface area contributed by atoms with Crippen LogP contribution in [0.3, 0.4) is 0 Å². The van der Waals surface area contributed by atoms with Gasteiger partial charge in [0.2, 0.25) is 0 Å². The van der Waals surface area contributed by atoms with Gasteiger partial charge in [-0.3, -0.25) is 10.1 Å². The van der Waals surface area contributed by atoms with Gasteiger partial charge in [-0.2, -0.15) is 13.2 Å². The van der Waals surface area contributed by atoms with Crippen LogP contribution in [0.15, 0.2) is 23.5 Å². The van der Waals surface area contributed by atoms with Gasteiger partial charge in [0.25, 0.3) is 5.70 Å². The number of rotatable bonds is 1. The summed E-state index contributed by atoms with van der Waals surface area (Å²) in [6.45, 7) is 0. The highest BCUT2D eigenvalue weighted by Gasteiger charge is 2.42. The molecular formula is C6H5F3N2O3. The van der Waals surface area contributed by atoms with Crippen LogP contribution in [0.5, 0.6) is 0 Å². The molecule has 0 saturated heterocycles. The van der Waals surface area contributed by atoms with Crippen molar-refractivity contribution in [2.75, 3.05) is 0 Å². The topological polar surface area (TPSA) is 75.4 Å². The molecule has 0 fully saturated rings. The monoisotopic (exact) mass is 210 g/mol. The maximum atomic E-state index is 12.2. The van der Waals surface area contributed by atoms with Gasteiger partial charge < -0.3 is 10.4 Å². The van der Waals surface area contributed by atoms with Gasteiger partial charge in [0.15, 0.2) is 5.70 Å². The molecule has 1 unspecified atom stereocenters. The van der Waals surface area contributed by atoms with E-state index in [-0.39, 0.29) is 0 Å². The van der Waals surface area contributed by atoms with E-state index in [9.17, 15) is 23.3 Å². The molecule has 1 aliphatic rings. The van der Waals surface area contributed by atoms with Crippen LogP contribution in [0, 0.1) is 10.1 Å². The van der Waals surface area contributed by atoms with E-state index in [1.165, 1.54) is 0 Å². The number of halogens is 3. The van der Waals surface area contributed by atoms with Crippen LogP contribution >= 0.6 is 0 Å². The number of nitro groups is 1. The van der Waals surface area contributed by atoms with Gasteiger partial charge in [0.05, 0.1) is 4.92 Å². The van der Waals surface area contributed by atoms with E-state index in [0.29, 0.717) is 6.08 Å². The molecule has 2 N–H and O–H groups in total. The van der Waals surface area contributed by atoms with E-state index in [1.807, 2.05) is 0 Å². The summed E-state index contributed by atoms with van der Waals surface area (Å²) in [5.41, 5.74) is -2.65. The van der Waals surface area contributed by atoms with E-state index >= 15 is 0 Å². The number of hydrogen-bond donors (Lipinski definition) is 2. The first-order chi connectivity index (χ1) is 6.32. The summed E-state index contributed by atoms with van der Waals surface area (Å²) in [4.78, 5) is 9.02. The predicted octanol–water partition coefficient (Wildman–Crippen LogP) is 0.515. The smallest absolute Gasteiger partial charge is 0.370 e. The molecule has 0 saturated carbocycles. The first kappa shape index (κ1) is 10.5. The van der Waals surface area contributed by atoms with Crippen molar-refractivity contribution in [1.29, 1.82) is 0 Å². The standard InChI is InChI=1S/C6H5F3N2O3/c7-6(8,9)5-3(11(13)14)1-2-4(12)10-5/h1-2,4,10,12H. The van der Waals surface area contributed by atoms with Crippen molar-refractivity contribution in [3.8, 4) is 0 Å². The summed E-state index contributed by atoms with van der Waals surface area (Å²) in [6, 6.07) is 0. The minimum atomic E-state index is -4.88. The lowest BCUT2D eigenvalue weighted by molar-refractivity contribution is -0.423. The second-order valence-electron chi connectivity index (χ2n) is 2.46. The lowest BCUT2D eigenvalue weighted by Gasteiger charge is -2.19. The number of allylic oxidation sites excluding steroid dienone is 2. The number of hydrogen-bond acceptors (Lipinski definition) is 4. The van der Waals surface area contributed by atoms with Gasteiger partial charge in [0.1, 0.15) is 6.23 Å². The van der Waals surface area contributed by atoms with Crippen LogP contribution in [0.1, 0.15) is 0 Å². The third kappa shape index (κ3) is 2.02. The molecule has 0 amide bonds. The molecule has 0 bridgehead atoms. The van der Waals surface area contributed by atoms with Gasteiger partial charge in [-0.15, -0.1) is 0 Å². The first-order valence-electron chi connectivity index (χ1n) is 3.41. The minimum absolute atomic E-state index is 0.615. The van der Waals surface area contributed by atoms with Gasteiger partial charge in [-0.1, -0.05) is 0 Å². The molecule has 14 heavy (non-hydrogen) atoms. The second-order valence-corrected chi connectivity index (χ2v) is 2.46. The number of nitrogens with zero attached hydrogens (tertiary/aromatic N) is 1. The van der Waals surface area contributed by atoms with E-state index in [0.717, 1.165) is 6.08 Å². The number of dihydropyridines is 1. The predicted molar refractivity (Wildman–Crippen MR) is 38.4 cm³/mol. The zero-order valence-corrected chi connectivity index (χ0v) is 6.58. The summed E-state index contributed by atoms with van der Waals surface area (Å²) in [6.07, 6.45) is -4.97. The third-order valence-corrected chi connectivity index (χ3v) is 1.46. The van der Waals surface area contributed by atoms with Crippen molar-refractivity contribution in [3.05, 3.63) is 33.7 Å². The lowest BCUT2D eigenvalue weighted by atomic mass is 10.2. The zero-order valence-electron chi connectivity index (χ0n) is 6.58. The normalized spacial score (nSPS) is 22.1. The quantitative estimate of drug-likeness (QED) is 0.488. The van der Waals surface area contributed by atoms with Crippen molar-refractivity contribution in [1.82, 2.24) is 5.32 Å². The van der Waals surface area contributed by atoms with Crippen LogP contribution in [0.2, 0.25) is 0 Å². The fourth-order valence-corrected chi connectivity index (χ4v) is 0.915. The molecule has 8 heteroatoms. The average molecular weight is 210 g/mol. The Balaban J connectivity index is 3.15. The molecule has 1 rings (SSSR count). The molecule has 0 aromatic rings. The largest absolute Gasteiger partial charge is 0.437 e. The molecule has 5 nitrogen and oxygen atoms in total. The molecule has 78 valence electrons. The van der Waals surface area contributed by atoms with Crippen molar-refractivity contribution in [2.24, 2.45) is 0 Å². The summed E-state index contributed by atoms with van der Waals surface area (Å²) in [5, 5.41) is 20.6. The molecule has 0 spiro atoms. The molecule has 0 aromatic heterocycles. The van der Waals surface area contributed by atoms with E-state index in [2.05, 4.69) is 0 Å². The highest BCUT2D eigenvalue weighted by atomic mass is 19.4. The van der Waals surface area contributed by atoms with E-state index < -0.39 is 28.7 Å². The zero-order chi connectivity index (χ0) is 10.9. The fourth-order valence-electron chi connectivity index (χ4n) is 0.915. The summed E-state index contributed by atoms with van der Waals surface area (Å²) in [7, 11) is 0. The Hall–Kier alpha value is -1.57. The molecule has 1 aliphatic heterocycles. The summed E-state index contributed by atoms with van der Waals surface area (Å²) < 4.78 is 36.5. The molecular weight excluding hydrogens is 205 g/mol. The molecule has 1 heterocycles. The first-order valence-corrected chi connectivity index (χ1v) is 3.41. The Labute approximate surface area is 75.7 Å². The van der Waals surface area contributed by atoms with Gasteiger partial charge in [0, 0.05) is 6.08 Å². The van der Waals surface area contributed by atoms with Gasteiger partial charge in [-0.25, -0.2) is 0 Å². The van der Waals surface area contributed by atoms with Crippen molar-refractivity contribution >= 4 is 0 Å². The molecule has 0 aliphatic carbocycles. The number of nitrogens with one attached hydrogen (secondary N) is 1. The Bertz CT molecular complexity index is 321. The average Bonchev–Trinajstić information content (AvgIpc) is 2.01. The second kappa shape index (κ2) is 3.29. The molecule has 1 atom stereocenters. The Morgan fingerprint density at radius 3 is 2.57 bits per heavy atom. The molecule has 0 aromatic carbocycles. The maximum absolute atomic E-state index is 12.2. The summed E-state index contributed by atoms with van der Waals surface area (Å²) in [5.74, 6) is 0. The van der Waals surface area contributed by atoms with Gasteiger partial charge >= 0.3 is 6.18 Å². The highest BCUT2D eigenvalue weighted by Crippen LogP contribution is 2.28. The van der Waals surface area contributed by atoms with E-state index in [1.54, 1.807) is 5.32 Å². The third-order valence-electron chi connectivity index (χ3n) is 1.46. The Kier molecular flexibility index (Phi) is 2.47. The van der Waals surface area contributed by atoms with Gasteiger partial charge in [-0.05, 0) is 6.08 Å². The number of alkyl halides is 3. The molecule has 0 radical (unpaired) electrons. The minimum Gasteiger partial charge on any atom is -0.370 e. The van der Waals surface area contributed by atoms with Crippen LogP contribution in [0.4, 0.5) is 13.2 Å². The van der Waals surface area contributed by atoms with Crippen molar-refractivity contribution in [2.45, 2.75) is 12.4 Å². The van der Waals surface area contributed by atoms with E-state index in [4.69, 9.17) is 5.11 Å². The van der Waals surface area contributed by atoms with Crippen LogP contribution in [-0.2, 0) is 0 Å². The van der Waals surface area contributed by atoms with Crippen LogP contribution in [0.25, 0.3) is 0 Å². The number of aliphatic hydroxyl groups excluding tert-OH is 1. The van der Waals surface area contributed by atoms with Crippen LogP contribution in [-0.4, -0.2) is 22.4 Å². The maximum Gasteiger partial charge on any atom is 0.437 e. The van der Waals surface area contributed by atoms with Crippen LogP contribution < -0.4 is 5.32 Å². The van der Waals surface area contributed by atoms with Crippen molar-refractivity contribution < 1.29 is 23.2 Å².